The molecule has 0 saturated carbocycles. The van der Waals surface area contributed by atoms with E-state index < -0.39 is 5.97 Å². The maximum absolute atomic E-state index is 12.3. The van der Waals surface area contributed by atoms with E-state index in [1.165, 1.54) is 14.2 Å². The fourth-order valence-electron chi connectivity index (χ4n) is 3.16. The maximum Gasteiger partial charge on any atom is 0.338 e. The number of piperidine rings is 1. The number of carbonyl (C=O) groups is 2. The third kappa shape index (κ3) is 4.87. The molecule has 1 saturated heterocycles. The number of rotatable bonds is 5. The molecule has 0 bridgehead atoms. The molecule has 2 rings (SSSR count). The molecule has 0 N–H and O–H groups in total. The molecule has 1 heterocycles. The van der Waals surface area contributed by atoms with Gasteiger partial charge in [0.25, 0.3) is 5.91 Å². The zero-order valence-electron chi connectivity index (χ0n) is 15.0. The molecule has 7 heteroatoms. The molecule has 1 amide bonds. The van der Waals surface area contributed by atoms with Crippen LogP contribution in [0.4, 0.5) is 0 Å². The van der Waals surface area contributed by atoms with Crippen molar-refractivity contribution in [2.24, 2.45) is 11.8 Å². The summed E-state index contributed by atoms with van der Waals surface area (Å²) < 4.78 is 16.2. The van der Waals surface area contributed by atoms with Gasteiger partial charge in [-0.05, 0) is 46.3 Å². The van der Waals surface area contributed by atoms with Gasteiger partial charge in [-0.3, -0.25) is 4.79 Å². The molecule has 0 aromatic heterocycles. The van der Waals surface area contributed by atoms with Gasteiger partial charge in [0, 0.05) is 13.1 Å². The van der Waals surface area contributed by atoms with E-state index in [0.717, 1.165) is 6.42 Å². The van der Waals surface area contributed by atoms with Gasteiger partial charge < -0.3 is 19.1 Å². The Morgan fingerprint density at radius 1 is 1.12 bits per heavy atom. The Balaban J connectivity index is 2.01. The number of methoxy groups -OCH3 is 2. The van der Waals surface area contributed by atoms with Crippen molar-refractivity contribution >= 4 is 27.8 Å². The predicted octanol–water partition coefficient (Wildman–Crippen LogP) is 3.13. The van der Waals surface area contributed by atoms with Gasteiger partial charge in [0.15, 0.2) is 6.61 Å². The lowest BCUT2D eigenvalue weighted by Crippen LogP contribution is -2.44. The molecule has 2 atom stereocenters. The first kappa shape index (κ1) is 19.6. The van der Waals surface area contributed by atoms with Crippen LogP contribution in [0.5, 0.6) is 11.5 Å². The van der Waals surface area contributed by atoms with Crippen LogP contribution in [0.2, 0.25) is 0 Å². The number of nitrogens with zero attached hydrogens (tertiary/aromatic N) is 1. The van der Waals surface area contributed by atoms with Gasteiger partial charge in [-0.25, -0.2) is 4.79 Å². The largest absolute Gasteiger partial charge is 0.495 e. The van der Waals surface area contributed by atoms with Gasteiger partial charge in [0.1, 0.15) is 16.0 Å². The average Bonchev–Trinajstić information content (AvgIpc) is 2.58. The van der Waals surface area contributed by atoms with Crippen LogP contribution in [-0.4, -0.2) is 50.7 Å². The summed E-state index contributed by atoms with van der Waals surface area (Å²) in [5.74, 6) is 1.08. The van der Waals surface area contributed by atoms with Crippen molar-refractivity contribution in [2.75, 3.05) is 33.9 Å². The highest BCUT2D eigenvalue weighted by Crippen LogP contribution is 2.35. The van der Waals surface area contributed by atoms with Crippen LogP contribution >= 0.6 is 15.9 Å². The molecule has 1 aromatic carbocycles. The predicted molar refractivity (Wildman–Crippen MR) is 97.1 cm³/mol. The van der Waals surface area contributed by atoms with Crippen molar-refractivity contribution in [1.82, 2.24) is 4.90 Å². The summed E-state index contributed by atoms with van der Waals surface area (Å²) in [6.07, 6.45) is 1.11. The number of hydrogen-bond donors (Lipinski definition) is 0. The second-order valence-corrected chi connectivity index (χ2v) is 7.31. The average molecular weight is 414 g/mol. The van der Waals surface area contributed by atoms with Crippen molar-refractivity contribution in [3.63, 3.8) is 0 Å². The summed E-state index contributed by atoms with van der Waals surface area (Å²) in [6, 6.07) is 3.09. The molecule has 6 nitrogen and oxygen atoms in total. The highest BCUT2D eigenvalue weighted by atomic mass is 79.9. The van der Waals surface area contributed by atoms with Crippen molar-refractivity contribution in [1.29, 1.82) is 0 Å². The van der Waals surface area contributed by atoms with Crippen LogP contribution in [-0.2, 0) is 9.53 Å². The third-order valence-corrected chi connectivity index (χ3v) is 5.01. The van der Waals surface area contributed by atoms with Gasteiger partial charge >= 0.3 is 5.97 Å². The lowest BCUT2D eigenvalue weighted by molar-refractivity contribution is -0.137. The van der Waals surface area contributed by atoms with E-state index in [9.17, 15) is 9.59 Å². The summed E-state index contributed by atoms with van der Waals surface area (Å²) in [4.78, 5) is 26.4. The van der Waals surface area contributed by atoms with E-state index in [1.807, 2.05) is 0 Å². The molecule has 0 unspecified atom stereocenters. The molecular weight excluding hydrogens is 390 g/mol. The molecule has 0 spiro atoms. The number of ether oxygens (including phenoxy) is 3. The van der Waals surface area contributed by atoms with E-state index in [-0.39, 0.29) is 18.1 Å². The minimum Gasteiger partial charge on any atom is -0.495 e. The Bertz CT molecular complexity index is 613. The van der Waals surface area contributed by atoms with Crippen molar-refractivity contribution in [3.8, 4) is 11.5 Å². The molecule has 0 aliphatic carbocycles. The number of hydrogen-bond acceptors (Lipinski definition) is 5. The summed E-state index contributed by atoms with van der Waals surface area (Å²) >= 11 is 3.35. The molecule has 1 aromatic rings. The van der Waals surface area contributed by atoms with Gasteiger partial charge in [0.05, 0.1) is 19.8 Å². The maximum atomic E-state index is 12.3. The van der Waals surface area contributed by atoms with Gasteiger partial charge in [-0.2, -0.15) is 0 Å². The Hall–Kier alpha value is -1.76. The fraction of sp³-hybridized carbons (Fsp3) is 0.556. The number of amides is 1. The molecule has 0 radical (unpaired) electrons. The Morgan fingerprint density at radius 3 is 2.12 bits per heavy atom. The molecular formula is C18H24BrNO5. The second kappa shape index (κ2) is 8.56. The Morgan fingerprint density at radius 2 is 1.64 bits per heavy atom. The smallest absolute Gasteiger partial charge is 0.338 e. The topological polar surface area (TPSA) is 65.1 Å². The van der Waals surface area contributed by atoms with Crippen molar-refractivity contribution in [2.45, 2.75) is 20.3 Å². The molecule has 1 fully saturated rings. The van der Waals surface area contributed by atoms with Crippen molar-refractivity contribution in [3.05, 3.63) is 22.2 Å². The van der Waals surface area contributed by atoms with Crippen LogP contribution < -0.4 is 9.47 Å². The highest BCUT2D eigenvalue weighted by molar-refractivity contribution is 9.10. The first-order chi connectivity index (χ1) is 11.8. The van der Waals surface area contributed by atoms with Gasteiger partial charge in [-0.1, -0.05) is 13.8 Å². The van der Waals surface area contributed by atoms with Crippen LogP contribution in [0, 0.1) is 11.8 Å². The Labute approximate surface area is 156 Å². The lowest BCUT2D eigenvalue weighted by atomic mass is 9.92. The van der Waals surface area contributed by atoms with Crippen LogP contribution in [0.3, 0.4) is 0 Å². The standard InChI is InChI=1S/C18H24BrNO5/c1-11-5-12(2)9-20(8-11)16(21)10-25-18(22)13-6-14(23-3)17(19)15(7-13)24-4/h6-7,11-12H,5,8-10H2,1-4H3/t11-,12+. The van der Waals surface area contributed by atoms with E-state index in [4.69, 9.17) is 14.2 Å². The van der Waals surface area contributed by atoms with E-state index in [0.29, 0.717) is 40.9 Å². The quantitative estimate of drug-likeness (QED) is 0.693. The highest BCUT2D eigenvalue weighted by Gasteiger charge is 2.26. The number of likely N-dealkylation sites (tertiary alicyclic amines) is 1. The SMILES string of the molecule is COc1cc(C(=O)OCC(=O)N2C[C@H](C)C[C@H](C)C2)cc(OC)c1Br. The summed E-state index contributed by atoms with van der Waals surface area (Å²) in [6.45, 7) is 5.41. The van der Waals surface area contributed by atoms with E-state index in [1.54, 1.807) is 17.0 Å². The summed E-state index contributed by atoms with van der Waals surface area (Å²) in [5.41, 5.74) is 0.269. The zero-order chi connectivity index (χ0) is 18.6. The van der Waals surface area contributed by atoms with Gasteiger partial charge in [-0.15, -0.1) is 0 Å². The number of carbonyl (C=O) groups excluding carboxylic acids is 2. The molecule has 138 valence electrons. The van der Waals surface area contributed by atoms with Gasteiger partial charge in [0.2, 0.25) is 0 Å². The van der Waals surface area contributed by atoms with Crippen LogP contribution in [0.1, 0.15) is 30.6 Å². The number of esters is 1. The minimum atomic E-state index is -0.587. The fourth-order valence-corrected chi connectivity index (χ4v) is 3.71. The second-order valence-electron chi connectivity index (χ2n) is 6.52. The van der Waals surface area contributed by atoms with Crippen LogP contribution in [0.15, 0.2) is 16.6 Å². The lowest BCUT2D eigenvalue weighted by Gasteiger charge is -2.34. The molecule has 25 heavy (non-hydrogen) atoms. The monoisotopic (exact) mass is 413 g/mol. The summed E-state index contributed by atoms with van der Waals surface area (Å²) in [5, 5.41) is 0. The number of halogens is 1. The first-order valence-corrected chi connectivity index (χ1v) is 9.01. The number of benzene rings is 1. The Kier molecular flexibility index (Phi) is 6.70. The van der Waals surface area contributed by atoms with Crippen molar-refractivity contribution < 1.29 is 23.8 Å². The summed E-state index contributed by atoms with van der Waals surface area (Å²) in [7, 11) is 2.99. The minimum absolute atomic E-state index is 0.164. The zero-order valence-corrected chi connectivity index (χ0v) is 16.6. The third-order valence-electron chi connectivity index (χ3n) is 4.23. The normalized spacial score (nSPS) is 20.1. The van der Waals surface area contributed by atoms with E-state index >= 15 is 0 Å². The van der Waals surface area contributed by atoms with E-state index in [2.05, 4.69) is 29.8 Å². The first-order valence-electron chi connectivity index (χ1n) is 8.22. The molecule has 1 aliphatic rings. The molecule has 1 aliphatic heterocycles. The van der Waals surface area contributed by atoms with Crippen LogP contribution in [0.25, 0.3) is 0 Å².